The van der Waals surface area contributed by atoms with Crippen molar-refractivity contribution in [1.29, 1.82) is 0 Å². The lowest BCUT2D eigenvalue weighted by atomic mass is 10.0. The standard InChI is InChI=1S/C17H14FN3OS/c18-12-3-5-13(6-4-12)21-10-7-15(20-21)19-16(22)17(8-9-17)14-2-1-11-23-14/h1-7,10-11H,8-9H2,(H,19,20,22). The van der Waals surface area contributed by atoms with Gasteiger partial charge >= 0.3 is 0 Å². The van der Waals surface area contributed by atoms with Crippen molar-refractivity contribution in [1.82, 2.24) is 9.78 Å². The fraction of sp³-hybridized carbons (Fsp3) is 0.176. The molecule has 0 unspecified atom stereocenters. The minimum absolute atomic E-state index is 0.00990. The van der Waals surface area contributed by atoms with E-state index in [1.54, 1.807) is 40.4 Å². The molecule has 1 amide bonds. The Bertz CT molecular complexity index is 835. The van der Waals surface area contributed by atoms with Crippen LogP contribution in [0.5, 0.6) is 0 Å². The summed E-state index contributed by atoms with van der Waals surface area (Å²) in [5.41, 5.74) is 0.361. The van der Waals surface area contributed by atoms with E-state index in [0.717, 1.165) is 23.4 Å². The van der Waals surface area contributed by atoms with Crippen LogP contribution >= 0.6 is 11.3 Å². The monoisotopic (exact) mass is 327 g/mol. The maximum atomic E-state index is 13.0. The molecule has 116 valence electrons. The normalized spacial score (nSPS) is 15.3. The van der Waals surface area contributed by atoms with Crippen LogP contribution in [0.1, 0.15) is 17.7 Å². The molecule has 0 atom stereocenters. The molecule has 2 heterocycles. The Morgan fingerprint density at radius 1 is 1.22 bits per heavy atom. The van der Waals surface area contributed by atoms with E-state index in [9.17, 15) is 9.18 Å². The molecular formula is C17H14FN3OS. The number of anilines is 1. The summed E-state index contributed by atoms with van der Waals surface area (Å²) in [6, 6.07) is 11.8. The van der Waals surface area contributed by atoms with Gasteiger partial charge in [0.05, 0.1) is 11.1 Å². The first kappa shape index (κ1) is 14.1. The summed E-state index contributed by atoms with van der Waals surface area (Å²) in [4.78, 5) is 13.7. The molecule has 1 aromatic carbocycles. The number of hydrogen-bond acceptors (Lipinski definition) is 3. The maximum absolute atomic E-state index is 13.0. The van der Waals surface area contributed by atoms with Gasteiger partial charge in [-0.1, -0.05) is 6.07 Å². The average molecular weight is 327 g/mol. The number of aromatic nitrogens is 2. The molecule has 1 aliphatic rings. The molecule has 0 spiro atoms. The summed E-state index contributed by atoms with van der Waals surface area (Å²) in [6.45, 7) is 0. The van der Waals surface area contributed by atoms with Crippen molar-refractivity contribution in [2.75, 3.05) is 5.32 Å². The zero-order chi connectivity index (χ0) is 15.9. The van der Waals surface area contributed by atoms with Crippen LogP contribution < -0.4 is 5.32 Å². The lowest BCUT2D eigenvalue weighted by Gasteiger charge is -2.12. The topological polar surface area (TPSA) is 46.9 Å². The second kappa shape index (κ2) is 5.31. The number of carbonyl (C=O) groups is 1. The Balaban J connectivity index is 1.52. The van der Waals surface area contributed by atoms with Crippen LogP contribution in [0.25, 0.3) is 5.69 Å². The van der Waals surface area contributed by atoms with E-state index >= 15 is 0 Å². The third-order valence-electron chi connectivity index (χ3n) is 4.10. The van der Waals surface area contributed by atoms with Crippen LogP contribution in [0.2, 0.25) is 0 Å². The molecule has 0 radical (unpaired) electrons. The number of thiophene rings is 1. The quantitative estimate of drug-likeness (QED) is 0.793. The van der Waals surface area contributed by atoms with Gasteiger partial charge in [0.2, 0.25) is 5.91 Å². The minimum atomic E-state index is -0.381. The predicted octanol–water partition coefficient (Wildman–Crippen LogP) is 3.74. The molecule has 1 fully saturated rings. The number of rotatable bonds is 4. The van der Waals surface area contributed by atoms with Crippen LogP contribution in [0.4, 0.5) is 10.2 Å². The summed E-state index contributed by atoms with van der Waals surface area (Å²) in [5, 5.41) is 9.23. The summed E-state index contributed by atoms with van der Waals surface area (Å²) < 4.78 is 14.6. The van der Waals surface area contributed by atoms with Gasteiger partial charge in [-0.2, -0.15) is 5.10 Å². The molecule has 0 bridgehead atoms. The van der Waals surface area contributed by atoms with E-state index in [1.165, 1.54) is 12.1 Å². The first-order valence-corrected chi connectivity index (χ1v) is 8.22. The van der Waals surface area contributed by atoms with Gasteiger partial charge in [-0.05, 0) is 48.6 Å². The van der Waals surface area contributed by atoms with E-state index in [1.807, 2.05) is 17.5 Å². The molecule has 1 saturated carbocycles. The molecule has 1 aliphatic carbocycles. The molecule has 2 aromatic heterocycles. The highest BCUT2D eigenvalue weighted by Gasteiger charge is 2.52. The van der Waals surface area contributed by atoms with E-state index in [2.05, 4.69) is 10.4 Å². The molecule has 4 nitrogen and oxygen atoms in total. The number of benzene rings is 1. The number of carbonyl (C=O) groups excluding carboxylic acids is 1. The van der Waals surface area contributed by atoms with E-state index in [-0.39, 0.29) is 17.1 Å². The minimum Gasteiger partial charge on any atom is -0.308 e. The summed E-state index contributed by atoms with van der Waals surface area (Å²) in [5.74, 6) is 0.201. The highest BCUT2D eigenvalue weighted by atomic mass is 32.1. The van der Waals surface area contributed by atoms with Crippen LogP contribution in [0.15, 0.2) is 54.0 Å². The van der Waals surface area contributed by atoms with Crippen molar-refractivity contribution in [2.24, 2.45) is 0 Å². The predicted molar refractivity (Wildman–Crippen MR) is 87.4 cm³/mol. The van der Waals surface area contributed by atoms with Crippen molar-refractivity contribution in [3.63, 3.8) is 0 Å². The largest absolute Gasteiger partial charge is 0.308 e. The molecule has 0 aliphatic heterocycles. The zero-order valence-electron chi connectivity index (χ0n) is 12.2. The Kier molecular flexibility index (Phi) is 3.27. The first-order chi connectivity index (χ1) is 11.2. The van der Waals surface area contributed by atoms with Crippen LogP contribution in [0, 0.1) is 5.82 Å². The van der Waals surface area contributed by atoms with Gasteiger partial charge in [0.25, 0.3) is 0 Å². The summed E-state index contributed by atoms with van der Waals surface area (Å²) in [7, 11) is 0. The Morgan fingerprint density at radius 2 is 2.00 bits per heavy atom. The van der Waals surface area contributed by atoms with Crippen molar-refractivity contribution < 1.29 is 9.18 Å². The fourth-order valence-corrected chi connectivity index (χ4v) is 3.61. The molecular weight excluding hydrogens is 313 g/mol. The van der Waals surface area contributed by atoms with Crippen LogP contribution in [0.3, 0.4) is 0 Å². The average Bonchev–Trinajstić information content (AvgIpc) is 2.98. The molecule has 4 rings (SSSR count). The second-order valence-corrected chi connectivity index (χ2v) is 6.58. The van der Waals surface area contributed by atoms with Crippen LogP contribution in [-0.2, 0) is 10.2 Å². The van der Waals surface area contributed by atoms with Crippen molar-refractivity contribution in [2.45, 2.75) is 18.3 Å². The third kappa shape index (κ3) is 2.55. The van der Waals surface area contributed by atoms with Gasteiger partial charge in [-0.25, -0.2) is 9.07 Å². The number of halogens is 1. The Morgan fingerprint density at radius 3 is 2.65 bits per heavy atom. The number of hydrogen-bond donors (Lipinski definition) is 1. The summed E-state index contributed by atoms with van der Waals surface area (Å²) in [6.07, 6.45) is 3.49. The Hall–Kier alpha value is -2.47. The van der Waals surface area contributed by atoms with Gasteiger partial charge in [-0.15, -0.1) is 11.3 Å². The van der Waals surface area contributed by atoms with Crippen molar-refractivity contribution in [3.05, 3.63) is 64.7 Å². The van der Waals surface area contributed by atoms with Gasteiger partial charge in [-0.3, -0.25) is 4.79 Å². The fourth-order valence-electron chi connectivity index (χ4n) is 2.63. The maximum Gasteiger partial charge on any atom is 0.237 e. The highest BCUT2D eigenvalue weighted by molar-refractivity contribution is 7.10. The number of nitrogens with zero attached hydrogens (tertiary/aromatic N) is 2. The van der Waals surface area contributed by atoms with Crippen molar-refractivity contribution in [3.8, 4) is 5.69 Å². The van der Waals surface area contributed by atoms with Crippen LogP contribution in [-0.4, -0.2) is 15.7 Å². The number of nitrogens with one attached hydrogen (secondary N) is 1. The van der Waals surface area contributed by atoms with E-state index in [0.29, 0.717) is 5.82 Å². The van der Waals surface area contributed by atoms with Crippen molar-refractivity contribution >= 4 is 23.1 Å². The molecule has 3 aromatic rings. The van der Waals surface area contributed by atoms with Gasteiger partial charge in [0.1, 0.15) is 5.82 Å². The highest BCUT2D eigenvalue weighted by Crippen LogP contribution is 2.50. The van der Waals surface area contributed by atoms with Gasteiger partial charge in [0.15, 0.2) is 5.82 Å². The molecule has 6 heteroatoms. The lowest BCUT2D eigenvalue weighted by molar-refractivity contribution is -0.118. The Labute approximate surface area is 136 Å². The molecule has 1 N–H and O–H groups in total. The number of amides is 1. The van der Waals surface area contributed by atoms with Gasteiger partial charge in [0, 0.05) is 17.1 Å². The second-order valence-electron chi connectivity index (χ2n) is 5.64. The van der Waals surface area contributed by atoms with E-state index in [4.69, 9.17) is 0 Å². The molecule has 0 saturated heterocycles. The molecule has 23 heavy (non-hydrogen) atoms. The third-order valence-corrected chi connectivity index (χ3v) is 5.17. The van der Waals surface area contributed by atoms with Gasteiger partial charge < -0.3 is 5.32 Å². The van der Waals surface area contributed by atoms with E-state index < -0.39 is 0 Å². The lowest BCUT2D eigenvalue weighted by Crippen LogP contribution is -2.27. The smallest absolute Gasteiger partial charge is 0.237 e. The SMILES string of the molecule is O=C(Nc1ccn(-c2ccc(F)cc2)n1)C1(c2cccs2)CC1. The summed E-state index contributed by atoms with van der Waals surface area (Å²) >= 11 is 1.61. The first-order valence-electron chi connectivity index (χ1n) is 7.34. The zero-order valence-corrected chi connectivity index (χ0v) is 13.0.